The summed E-state index contributed by atoms with van der Waals surface area (Å²) in [5.74, 6) is 1.65. The van der Waals surface area contributed by atoms with Gasteiger partial charge in [-0.25, -0.2) is 9.97 Å². The first-order valence-electron chi connectivity index (χ1n) is 17.2. The van der Waals surface area contributed by atoms with Crippen LogP contribution >= 0.6 is 22.7 Å². The molecule has 0 fully saturated rings. The first-order valence-corrected chi connectivity index (χ1v) is 18.8. The average Bonchev–Trinajstić information content (AvgIpc) is 3.85. The molecule has 0 amide bonds. The molecule has 51 heavy (non-hydrogen) atoms. The molecule has 0 aliphatic rings. The fraction of sp³-hybridized carbons (Fsp3) is 0. The third kappa shape index (κ3) is 3.87. The van der Waals surface area contributed by atoms with E-state index in [0.29, 0.717) is 0 Å². The molecule has 4 aromatic heterocycles. The number of fused-ring (bicyclic) bond motifs is 14. The standard InChI is InChI=1S/C46H25N3S2/c1-2-11-27(12-3-1)44-47-45(42-41-31-15-7-6-10-26(31)19-21-40(41)51-46(42)48-44)49-37-23-29-14-5-4-13-28(29)22-35(37)36-25-34-30(24-38(36)49)18-20-33-32-16-8-9-17-39(32)50-43(33)34/h1-25H. The molecule has 3 nitrogen and oxygen atoms in total. The second kappa shape index (κ2) is 10.2. The average molecular weight is 684 g/mol. The van der Waals surface area contributed by atoms with Gasteiger partial charge in [0.15, 0.2) is 11.6 Å². The predicted molar refractivity (Wildman–Crippen MR) is 220 cm³/mol. The van der Waals surface area contributed by atoms with Crippen molar-refractivity contribution in [2.24, 2.45) is 0 Å². The van der Waals surface area contributed by atoms with Gasteiger partial charge in [0, 0.05) is 52.0 Å². The second-order valence-corrected chi connectivity index (χ2v) is 15.4. The van der Waals surface area contributed by atoms with E-state index in [-0.39, 0.29) is 0 Å². The quantitative estimate of drug-likeness (QED) is 0.182. The highest BCUT2D eigenvalue weighted by Gasteiger charge is 2.23. The molecule has 4 heterocycles. The third-order valence-corrected chi connectivity index (χ3v) is 12.8. The second-order valence-electron chi connectivity index (χ2n) is 13.4. The molecule has 0 spiro atoms. The number of benzene rings is 8. The summed E-state index contributed by atoms with van der Waals surface area (Å²) in [6.45, 7) is 0. The minimum absolute atomic E-state index is 0.734. The molecule has 0 aliphatic carbocycles. The Hall–Kier alpha value is -6.14. The van der Waals surface area contributed by atoms with E-state index in [1.807, 2.05) is 17.4 Å². The van der Waals surface area contributed by atoms with E-state index >= 15 is 0 Å². The van der Waals surface area contributed by atoms with E-state index in [2.05, 4.69) is 150 Å². The minimum atomic E-state index is 0.734. The number of rotatable bonds is 2. The van der Waals surface area contributed by atoms with Crippen LogP contribution in [0.25, 0.3) is 112 Å². The maximum absolute atomic E-state index is 5.54. The molecule has 12 rings (SSSR count). The number of aromatic nitrogens is 3. The summed E-state index contributed by atoms with van der Waals surface area (Å²) < 4.78 is 6.30. The van der Waals surface area contributed by atoms with Crippen molar-refractivity contribution >= 4 is 117 Å². The van der Waals surface area contributed by atoms with Crippen molar-refractivity contribution in [3.63, 3.8) is 0 Å². The Labute approximate surface area is 299 Å². The lowest BCUT2D eigenvalue weighted by Crippen LogP contribution is -2.02. The molecule has 12 aromatic rings. The Morgan fingerprint density at radius 1 is 0.412 bits per heavy atom. The summed E-state index contributed by atoms with van der Waals surface area (Å²) >= 11 is 3.64. The van der Waals surface area contributed by atoms with Gasteiger partial charge < -0.3 is 0 Å². The highest BCUT2D eigenvalue weighted by molar-refractivity contribution is 7.26. The Morgan fingerprint density at radius 3 is 1.96 bits per heavy atom. The third-order valence-electron chi connectivity index (χ3n) is 10.6. The molecule has 0 radical (unpaired) electrons. The molecule has 236 valence electrons. The molecular weight excluding hydrogens is 659 g/mol. The van der Waals surface area contributed by atoms with E-state index in [0.717, 1.165) is 38.5 Å². The molecule has 0 N–H and O–H groups in total. The van der Waals surface area contributed by atoms with Crippen molar-refractivity contribution in [2.75, 3.05) is 0 Å². The summed E-state index contributed by atoms with van der Waals surface area (Å²) in [5.41, 5.74) is 3.30. The largest absolute Gasteiger partial charge is 0.293 e. The van der Waals surface area contributed by atoms with Crippen molar-refractivity contribution in [3.8, 4) is 17.2 Å². The SMILES string of the molecule is c1ccc(-c2nc(-n3c4cc5ccccc5cc4c4cc5c(ccc6c7ccccc7sc56)cc43)c3c(n2)sc2ccc4ccccc4c23)cc1. The zero-order valence-corrected chi connectivity index (χ0v) is 28.7. The van der Waals surface area contributed by atoms with Gasteiger partial charge in [0.2, 0.25) is 0 Å². The first-order chi connectivity index (χ1) is 25.3. The van der Waals surface area contributed by atoms with Gasteiger partial charge in [-0.05, 0) is 63.3 Å². The van der Waals surface area contributed by atoms with E-state index in [1.165, 1.54) is 73.3 Å². The van der Waals surface area contributed by atoms with Crippen molar-refractivity contribution in [2.45, 2.75) is 0 Å². The van der Waals surface area contributed by atoms with Crippen LogP contribution in [0.1, 0.15) is 0 Å². The van der Waals surface area contributed by atoms with Gasteiger partial charge in [-0.1, -0.05) is 115 Å². The molecule has 5 heteroatoms. The lowest BCUT2D eigenvalue weighted by atomic mass is 10.0. The maximum Gasteiger partial charge on any atom is 0.163 e. The van der Waals surface area contributed by atoms with Crippen LogP contribution in [-0.2, 0) is 0 Å². The van der Waals surface area contributed by atoms with Crippen LogP contribution in [0.3, 0.4) is 0 Å². The van der Waals surface area contributed by atoms with Crippen LogP contribution in [0.2, 0.25) is 0 Å². The molecule has 0 aliphatic heterocycles. The zero-order valence-electron chi connectivity index (χ0n) is 27.1. The van der Waals surface area contributed by atoms with Gasteiger partial charge in [-0.15, -0.1) is 22.7 Å². The Morgan fingerprint density at radius 2 is 1.10 bits per heavy atom. The minimum Gasteiger partial charge on any atom is -0.293 e. The summed E-state index contributed by atoms with van der Waals surface area (Å²) in [6, 6.07) is 55.2. The highest BCUT2D eigenvalue weighted by Crippen LogP contribution is 2.46. The fourth-order valence-electron chi connectivity index (χ4n) is 8.23. The van der Waals surface area contributed by atoms with E-state index < -0.39 is 0 Å². The summed E-state index contributed by atoms with van der Waals surface area (Å²) in [7, 11) is 0. The highest BCUT2D eigenvalue weighted by atomic mass is 32.1. The van der Waals surface area contributed by atoms with Crippen LogP contribution in [-0.4, -0.2) is 14.5 Å². The molecule has 8 aromatic carbocycles. The molecule has 0 saturated heterocycles. The van der Waals surface area contributed by atoms with Crippen LogP contribution < -0.4 is 0 Å². The van der Waals surface area contributed by atoms with Crippen LogP contribution in [0.4, 0.5) is 0 Å². The number of hydrogen-bond acceptors (Lipinski definition) is 4. The van der Waals surface area contributed by atoms with Gasteiger partial charge in [-0.2, -0.15) is 0 Å². The Balaban J connectivity index is 1.30. The lowest BCUT2D eigenvalue weighted by Gasteiger charge is -2.12. The van der Waals surface area contributed by atoms with Crippen molar-refractivity contribution in [1.29, 1.82) is 0 Å². The number of thiophene rings is 2. The number of nitrogens with zero attached hydrogens (tertiary/aromatic N) is 3. The molecule has 0 atom stereocenters. The van der Waals surface area contributed by atoms with Gasteiger partial charge in [0.1, 0.15) is 4.83 Å². The zero-order chi connectivity index (χ0) is 33.2. The van der Waals surface area contributed by atoms with E-state index in [1.54, 1.807) is 11.3 Å². The maximum atomic E-state index is 5.54. The van der Waals surface area contributed by atoms with Crippen molar-refractivity contribution in [3.05, 3.63) is 152 Å². The molecule has 0 bridgehead atoms. The van der Waals surface area contributed by atoms with Gasteiger partial charge in [0.05, 0.1) is 16.4 Å². The van der Waals surface area contributed by atoms with E-state index in [4.69, 9.17) is 9.97 Å². The molecule has 0 saturated carbocycles. The lowest BCUT2D eigenvalue weighted by molar-refractivity contribution is 1.08. The first kappa shape index (κ1) is 27.7. The van der Waals surface area contributed by atoms with Crippen LogP contribution in [0.15, 0.2) is 152 Å². The summed E-state index contributed by atoms with van der Waals surface area (Å²) in [4.78, 5) is 11.8. The molecule has 0 unspecified atom stereocenters. The predicted octanol–water partition coefficient (Wildman–Crippen LogP) is 13.4. The van der Waals surface area contributed by atoms with Gasteiger partial charge in [-0.3, -0.25) is 4.57 Å². The monoisotopic (exact) mass is 683 g/mol. The van der Waals surface area contributed by atoms with E-state index in [9.17, 15) is 0 Å². The number of hydrogen-bond donors (Lipinski definition) is 0. The van der Waals surface area contributed by atoms with Gasteiger partial charge >= 0.3 is 0 Å². The summed E-state index contributed by atoms with van der Waals surface area (Å²) in [5, 5.41) is 14.8. The normalized spacial score (nSPS) is 12.3. The van der Waals surface area contributed by atoms with Crippen molar-refractivity contribution in [1.82, 2.24) is 14.5 Å². The Bertz CT molecular complexity index is 3420. The summed E-state index contributed by atoms with van der Waals surface area (Å²) in [6.07, 6.45) is 0. The smallest absolute Gasteiger partial charge is 0.163 e. The Kier molecular flexibility index (Phi) is 5.53. The topological polar surface area (TPSA) is 30.7 Å². The van der Waals surface area contributed by atoms with Crippen molar-refractivity contribution < 1.29 is 0 Å². The molecular formula is C46H25N3S2. The van der Waals surface area contributed by atoms with Crippen LogP contribution in [0.5, 0.6) is 0 Å². The van der Waals surface area contributed by atoms with Gasteiger partial charge in [0.25, 0.3) is 0 Å². The van der Waals surface area contributed by atoms with Crippen LogP contribution in [0, 0.1) is 0 Å². The fourth-order valence-corrected chi connectivity index (χ4v) is 10.5.